The molecule has 0 aliphatic heterocycles. The van der Waals surface area contributed by atoms with Crippen molar-refractivity contribution in [3.63, 3.8) is 0 Å². The molecule has 1 rings (SSSR count). The van der Waals surface area contributed by atoms with Crippen LogP contribution in [0.25, 0.3) is 0 Å². The molecule has 0 saturated carbocycles. The Kier molecular flexibility index (Phi) is 7.70. The number of benzene rings is 1. The number of phenols is 1. The maximum Gasteiger partial charge on any atom is 0.162 e. The third kappa shape index (κ3) is 4.42. The Balaban J connectivity index is 0.00000256. The zero-order valence-corrected chi connectivity index (χ0v) is 10.9. The molecule has 0 aromatic heterocycles. The number of unbranched alkanes of at least 4 members (excludes halogenated alkanes) is 1. The van der Waals surface area contributed by atoms with Crippen molar-refractivity contribution in [2.45, 2.75) is 25.3 Å². The molecule has 5 heteroatoms. The van der Waals surface area contributed by atoms with Crippen molar-refractivity contribution >= 4 is 12.4 Å². The highest BCUT2D eigenvalue weighted by atomic mass is 35.5. The first-order valence-corrected chi connectivity index (χ1v) is 5.52. The van der Waals surface area contributed by atoms with Crippen LogP contribution >= 0.6 is 12.4 Å². The molecule has 0 aliphatic carbocycles. The van der Waals surface area contributed by atoms with Crippen LogP contribution in [0.5, 0.6) is 11.5 Å². The molecule has 0 amide bonds. The van der Waals surface area contributed by atoms with E-state index in [-0.39, 0.29) is 24.2 Å². The Bertz CT molecular complexity index is 334. The van der Waals surface area contributed by atoms with Crippen LogP contribution < -0.4 is 16.2 Å². The topological polar surface area (TPSA) is 81.5 Å². The van der Waals surface area contributed by atoms with Gasteiger partial charge in [0.25, 0.3) is 0 Å². The van der Waals surface area contributed by atoms with Crippen molar-refractivity contribution in [2.24, 2.45) is 11.5 Å². The summed E-state index contributed by atoms with van der Waals surface area (Å²) in [4.78, 5) is 0. The van der Waals surface area contributed by atoms with E-state index in [9.17, 15) is 5.11 Å². The average Bonchev–Trinajstić information content (AvgIpc) is 2.29. The second-order valence-electron chi connectivity index (χ2n) is 3.79. The predicted molar refractivity (Wildman–Crippen MR) is 71.7 cm³/mol. The normalized spacial score (nSPS) is 11.7. The number of methoxy groups -OCH3 is 1. The lowest BCUT2D eigenvalue weighted by atomic mass is 10.0. The molecule has 1 aromatic carbocycles. The molecule has 1 aromatic rings. The first kappa shape index (κ1) is 16.0. The fourth-order valence-electron chi connectivity index (χ4n) is 1.67. The largest absolute Gasteiger partial charge is 0.504 e. The number of ether oxygens (including phenoxy) is 1. The van der Waals surface area contributed by atoms with Crippen molar-refractivity contribution in [2.75, 3.05) is 13.7 Å². The lowest BCUT2D eigenvalue weighted by molar-refractivity contribution is 0.367. The Morgan fingerprint density at radius 3 is 2.65 bits per heavy atom. The van der Waals surface area contributed by atoms with Gasteiger partial charge >= 0.3 is 0 Å². The number of hydrogen-bond donors (Lipinski definition) is 3. The van der Waals surface area contributed by atoms with E-state index in [2.05, 4.69) is 0 Å². The minimum Gasteiger partial charge on any atom is -0.504 e. The average molecular weight is 261 g/mol. The Morgan fingerprint density at radius 2 is 2.06 bits per heavy atom. The van der Waals surface area contributed by atoms with Crippen LogP contribution in [0.1, 0.15) is 30.9 Å². The lowest BCUT2D eigenvalue weighted by Gasteiger charge is -2.15. The third-order valence-electron chi connectivity index (χ3n) is 2.62. The van der Waals surface area contributed by atoms with Crippen LogP contribution in [0.4, 0.5) is 0 Å². The van der Waals surface area contributed by atoms with Crippen LogP contribution in [-0.4, -0.2) is 18.8 Å². The van der Waals surface area contributed by atoms with Crippen molar-refractivity contribution < 1.29 is 9.84 Å². The molecule has 0 spiro atoms. The molecule has 0 heterocycles. The fourth-order valence-corrected chi connectivity index (χ4v) is 1.67. The van der Waals surface area contributed by atoms with Gasteiger partial charge in [0, 0.05) is 11.6 Å². The van der Waals surface area contributed by atoms with E-state index in [1.54, 1.807) is 6.07 Å². The van der Waals surface area contributed by atoms with Gasteiger partial charge < -0.3 is 21.3 Å². The Labute approximate surface area is 108 Å². The first-order valence-electron chi connectivity index (χ1n) is 5.52. The van der Waals surface area contributed by atoms with Gasteiger partial charge in [0.15, 0.2) is 11.5 Å². The minimum atomic E-state index is -0.165. The number of para-hydroxylation sites is 1. The van der Waals surface area contributed by atoms with Crippen molar-refractivity contribution in [1.82, 2.24) is 0 Å². The molecule has 4 nitrogen and oxygen atoms in total. The van der Waals surface area contributed by atoms with Crippen molar-refractivity contribution in [3.05, 3.63) is 23.8 Å². The molecule has 98 valence electrons. The number of nitrogens with two attached hydrogens (primary N) is 2. The maximum absolute atomic E-state index is 9.89. The summed E-state index contributed by atoms with van der Waals surface area (Å²) in [6.07, 6.45) is 2.74. The van der Waals surface area contributed by atoms with E-state index >= 15 is 0 Å². The smallest absolute Gasteiger partial charge is 0.162 e. The van der Waals surface area contributed by atoms with Crippen LogP contribution in [0.15, 0.2) is 18.2 Å². The standard InChI is InChI=1S/C12H20N2O2.ClH/c1-16-11-7-4-5-9(12(11)15)10(14)6-2-3-8-13;/h4-5,7,10,15H,2-3,6,8,13-14H2,1H3;1H/t10-;/m1./s1. The highest BCUT2D eigenvalue weighted by Gasteiger charge is 2.13. The molecule has 17 heavy (non-hydrogen) atoms. The number of phenolic OH excluding ortho intramolecular Hbond substituents is 1. The maximum atomic E-state index is 9.89. The van der Waals surface area contributed by atoms with Gasteiger partial charge in [-0.1, -0.05) is 18.6 Å². The summed E-state index contributed by atoms with van der Waals surface area (Å²) in [5.41, 5.74) is 12.2. The van der Waals surface area contributed by atoms with Gasteiger partial charge in [0.2, 0.25) is 0 Å². The summed E-state index contributed by atoms with van der Waals surface area (Å²) in [5, 5.41) is 9.89. The lowest BCUT2D eigenvalue weighted by Crippen LogP contribution is -2.11. The molecular formula is C12H21ClN2O2. The predicted octanol–water partition coefficient (Wildman–Crippen LogP) is 1.95. The highest BCUT2D eigenvalue weighted by Crippen LogP contribution is 2.33. The van der Waals surface area contributed by atoms with E-state index < -0.39 is 0 Å². The van der Waals surface area contributed by atoms with E-state index in [0.29, 0.717) is 12.3 Å². The Hall–Kier alpha value is -0.970. The monoisotopic (exact) mass is 260 g/mol. The SMILES string of the molecule is COc1cccc([C@H](N)CCCCN)c1O.Cl. The molecule has 0 fully saturated rings. The van der Waals surface area contributed by atoms with Crippen LogP contribution in [0.2, 0.25) is 0 Å². The summed E-state index contributed by atoms with van der Waals surface area (Å²) in [6.45, 7) is 0.677. The van der Waals surface area contributed by atoms with Gasteiger partial charge in [0.1, 0.15) is 0 Å². The first-order chi connectivity index (χ1) is 7.70. The molecule has 5 N–H and O–H groups in total. The van der Waals surface area contributed by atoms with Gasteiger partial charge in [-0.2, -0.15) is 0 Å². The molecule has 0 aliphatic rings. The molecule has 0 unspecified atom stereocenters. The number of halogens is 1. The highest BCUT2D eigenvalue weighted by molar-refractivity contribution is 5.85. The second-order valence-corrected chi connectivity index (χ2v) is 3.79. The number of aromatic hydroxyl groups is 1. The molecule has 1 atom stereocenters. The molecular weight excluding hydrogens is 240 g/mol. The van der Waals surface area contributed by atoms with Crippen LogP contribution in [-0.2, 0) is 0 Å². The van der Waals surface area contributed by atoms with Gasteiger partial charge in [-0.25, -0.2) is 0 Å². The summed E-state index contributed by atoms with van der Waals surface area (Å²) in [7, 11) is 1.53. The van der Waals surface area contributed by atoms with E-state index in [1.165, 1.54) is 7.11 Å². The molecule has 0 radical (unpaired) electrons. The Morgan fingerprint density at radius 1 is 1.35 bits per heavy atom. The zero-order valence-electron chi connectivity index (χ0n) is 10.1. The van der Waals surface area contributed by atoms with Gasteiger partial charge in [-0.3, -0.25) is 0 Å². The number of hydrogen-bond acceptors (Lipinski definition) is 4. The van der Waals surface area contributed by atoms with Gasteiger partial charge in [0.05, 0.1) is 7.11 Å². The summed E-state index contributed by atoms with van der Waals surface area (Å²) in [6, 6.07) is 5.20. The molecule has 0 saturated heterocycles. The minimum absolute atomic E-state index is 0. The van der Waals surface area contributed by atoms with Crippen molar-refractivity contribution in [3.8, 4) is 11.5 Å². The van der Waals surface area contributed by atoms with Gasteiger partial charge in [-0.05, 0) is 25.5 Å². The summed E-state index contributed by atoms with van der Waals surface area (Å²) >= 11 is 0. The summed E-state index contributed by atoms with van der Waals surface area (Å²) in [5.74, 6) is 0.608. The van der Waals surface area contributed by atoms with Crippen LogP contribution in [0.3, 0.4) is 0 Å². The van der Waals surface area contributed by atoms with E-state index in [0.717, 1.165) is 24.8 Å². The van der Waals surface area contributed by atoms with Gasteiger partial charge in [-0.15, -0.1) is 12.4 Å². The second kappa shape index (κ2) is 8.17. The van der Waals surface area contributed by atoms with E-state index in [1.807, 2.05) is 12.1 Å². The van der Waals surface area contributed by atoms with Crippen LogP contribution in [0, 0.1) is 0 Å². The van der Waals surface area contributed by atoms with Crippen molar-refractivity contribution in [1.29, 1.82) is 0 Å². The number of rotatable bonds is 6. The van der Waals surface area contributed by atoms with E-state index in [4.69, 9.17) is 16.2 Å². The third-order valence-corrected chi connectivity index (χ3v) is 2.62. The molecule has 0 bridgehead atoms. The summed E-state index contributed by atoms with van der Waals surface area (Å²) < 4.78 is 5.04. The quantitative estimate of drug-likeness (QED) is 0.683. The zero-order chi connectivity index (χ0) is 12.0. The fraction of sp³-hybridized carbons (Fsp3) is 0.500.